The highest BCUT2D eigenvalue weighted by Gasteiger charge is 2.02. The molecular weight excluding hydrogens is 396 g/mol. The number of allylic oxidation sites excluding steroid dienone is 3. The number of phenolic OH excluding ortho intramolecular Hbond substituents is 1. The largest absolute Gasteiger partial charge is 0.508 e. The van der Waals surface area contributed by atoms with Crippen LogP contribution in [0.2, 0.25) is 0 Å². The minimum Gasteiger partial charge on any atom is -0.508 e. The molecule has 0 aliphatic heterocycles. The zero-order chi connectivity index (χ0) is 22.8. The summed E-state index contributed by atoms with van der Waals surface area (Å²) < 4.78 is 11.2. The second-order valence-corrected chi connectivity index (χ2v) is 7.53. The lowest BCUT2D eigenvalue weighted by Gasteiger charge is -2.14. The van der Waals surface area contributed by atoms with E-state index in [1.807, 2.05) is 56.3 Å². The van der Waals surface area contributed by atoms with Gasteiger partial charge in [-0.2, -0.15) is 0 Å². The summed E-state index contributed by atoms with van der Waals surface area (Å²) in [5, 5.41) is 9.50. The molecule has 3 aromatic rings. The molecule has 0 heterocycles. The van der Waals surface area contributed by atoms with Crippen molar-refractivity contribution in [3.63, 3.8) is 0 Å². The molecule has 0 amide bonds. The summed E-state index contributed by atoms with van der Waals surface area (Å²) in [6, 6.07) is 23.5. The second-order valence-electron chi connectivity index (χ2n) is 7.53. The summed E-state index contributed by atoms with van der Waals surface area (Å²) in [5.74, 6) is 1.04. The SMILES string of the molecule is CCOC(C)Oc1ccc(C=C(C=Cc2ccc(O)cc2)C=Cc2cccc(C)c2)cc1. The first-order valence-corrected chi connectivity index (χ1v) is 10.8. The van der Waals surface area contributed by atoms with Crippen LogP contribution < -0.4 is 4.74 Å². The van der Waals surface area contributed by atoms with E-state index in [0.717, 1.165) is 28.0 Å². The van der Waals surface area contributed by atoms with Gasteiger partial charge < -0.3 is 14.6 Å². The number of aromatic hydroxyl groups is 1. The maximum atomic E-state index is 9.50. The van der Waals surface area contributed by atoms with Crippen LogP contribution in [-0.2, 0) is 4.74 Å². The average Bonchev–Trinajstić information content (AvgIpc) is 2.78. The first-order valence-electron chi connectivity index (χ1n) is 10.8. The van der Waals surface area contributed by atoms with E-state index >= 15 is 0 Å². The third-order valence-corrected chi connectivity index (χ3v) is 4.79. The van der Waals surface area contributed by atoms with Gasteiger partial charge in [-0.1, -0.05) is 78.4 Å². The Balaban J connectivity index is 1.83. The minimum absolute atomic E-state index is 0.262. The smallest absolute Gasteiger partial charge is 0.196 e. The van der Waals surface area contributed by atoms with Crippen LogP contribution in [-0.4, -0.2) is 18.0 Å². The summed E-state index contributed by atoms with van der Waals surface area (Å²) in [6.07, 6.45) is 10.2. The number of ether oxygens (including phenoxy) is 2. The minimum atomic E-state index is -0.276. The molecule has 0 radical (unpaired) electrons. The number of rotatable bonds is 9. The molecule has 1 atom stereocenters. The number of aryl methyl sites for hydroxylation is 1. The Morgan fingerprint density at radius 2 is 1.53 bits per heavy atom. The van der Waals surface area contributed by atoms with Crippen molar-refractivity contribution in [2.75, 3.05) is 6.61 Å². The van der Waals surface area contributed by atoms with Gasteiger partial charge in [0, 0.05) is 6.61 Å². The molecule has 0 fully saturated rings. The Kier molecular flexibility index (Phi) is 8.47. The third kappa shape index (κ3) is 7.60. The van der Waals surface area contributed by atoms with Gasteiger partial charge in [-0.15, -0.1) is 0 Å². The molecule has 0 spiro atoms. The van der Waals surface area contributed by atoms with Gasteiger partial charge >= 0.3 is 0 Å². The van der Waals surface area contributed by atoms with Gasteiger partial charge in [0.25, 0.3) is 0 Å². The van der Waals surface area contributed by atoms with Crippen LogP contribution in [0.4, 0.5) is 0 Å². The Morgan fingerprint density at radius 3 is 2.19 bits per heavy atom. The van der Waals surface area contributed by atoms with E-state index in [1.54, 1.807) is 12.1 Å². The Morgan fingerprint density at radius 1 is 0.875 bits per heavy atom. The first kappa shape index (κ1) is 23.1. The normalized spacial score (nSPS) is 13.0. The number of benzene rings is 3. The summed E-state index contributed by atoms with van der Waals surface area (Å²) in [6.45, 7) is 6.55. The Labute approximate surface area is 191 Å². The zero-order valence-corrected chi connectivity index (χ0v) is 18.9. The van der Waals surface area contributed by atoms with E-state index in [2.05, 4.69) is 55.5 Å². The highest BCUT2D eigenvalue weighted by Crippen LogP contribution is 2.19. The van der Waals surface area contributed by atoms with Crippen molar-refractivity contribution in [1.82, 2.24) is 0 Å². The summed E-state index contributed by atoms with van der Waals surface area (Å²) in [5.41, 5.74) is 5.53. The van der Waals surface area contributed by atoms with Gasteiger partial charge in [-0.25, -0.2) is 0 Å². The van der Waals surface area contributed by atoms with Crippen molar-refractivity contribution < 1.29 is 14.6 Å². The van der Waals surface area contributed by atoms with E-state index < -0.39 is 0 Å². The van der Waals surface area contributed by atoms with Gasteiger partial charge in [0.1, 0.15) is 11.5 Å². The van der Waals surface area contributed by atoms with Crippen LogP contribution in [0, 0.1) is 6.92 Å². The molecule has 0 saturated heterocycles. The average molecular weight is 427 g/mol. The van der Waals surface area contributed by atoms with Crippen LogP contribution in [0.25, 0.3) is 18.2 Å². The fourth-order valence-corrected chi connectivity index (χ4v) is 3.19. The number of phenols is 1. The van der Waals surface area contributed by atoms with Crippen molar-refractivity contribution >= 4 is 18.2 Å². The molecule has 0 aliphatic carbocycles. The maximum Gasteiger partial charge on any atom is 0.196 e. The first-order chi connectivity index (χ1) is 15.5. The van der Waals surface area contributed by atoms with Crippen molar-refractivity contribution in [3.8, 4) is 11.5 Å². The van der Waals surface area contributed by atoms with Crippen LogP contribution >= 0.6 is 0 Å². The van der Waals surface area contributed by atoms with Crippen LogP contribution in [0.3, 0.4) is 0 Å². The van der Waals surface area contributed by atoms with E-state index in [0.29, 0.717) is 6.61 Å². The van der Waals surface area contributed by atoms with Gasteiger partial charge in [0.2, 0.25) is 0 Å². The summed E-state index contributed by atoms with van der Waals surface area (Å²) in [7, 11) is 0. The molecule has 0 saturated carbocycles. The molecule has 164 valence electrons. The van der Waals surface area contributed by atoms with E-state index in [-0.39, 0.29) is 12.0 Å². The lowest BCUT2D eigenvalue weighted by Crippen LogP contribution is -2.15. The fraction of sp³-hybridized carbons (Fsp3) is 0.172. The number of hydrogen-bond donors (Lipinski definition) is 1. The molecule has 0 bridgehead atoms. The van der Waals surface area contributed by atoms with E-state index in [9.17, 15) is 5.11 Å². The maximum absolute atomic E-state index is 9.50. The standard InChI is InChI=1S/C29H30O3/c1-4-31-23(3)32-29-18-14-27(15-19-29)21-26(9-8-24-12-16-28(30)17-13-24)11-10-25-7-5-6-22(2)20-25/h5-21,23,30H,4H2,1-3H3. The molecule has 3 rings (SSSR count). The Bertz CT molecular complexity index is 1070. The third-order valence-electron chi connectivity index (χ3n) is 4.79. The van der Waals surface area contributed by atoms with Gasteiger partial charge in [0.15, 0.2) is 6.29 Å². The molecule has 1 unspecified atom stereocenters. The van der Waals surface area contributed by atoms with Crippen molar-refractivity contribution in [2.45, 2.75) is 27.1 Å². The van der Waals surface area contributed by atoms with E-state index in [4.69, 9.17) is 9.47 Å². The van der Waals surface area contributed by atoms with E-state index in [1.165, 1.54) is 5.56 Å². The molecule has 3 nitrogen and oxygen atoms in total. The molecule has 0 aromatic heterocycles. The summed E-state index contributed by atoms with van der Waals surface area (Å²) in [4.78, 5) is 0. The van der Waals surface area contributed by atoms with Gasteiger partial charge in [0.05, 0.1) is 0 Å². The predicted octanol–water partition coefficient (Wildman–Crippen LogP) is 7.27. The highest BCUT2D eigenvalue weighted by atomic mass is 16.7. The van der Waals surface area contributed by atoms with Crippen LogP contribution in [0.15, 0.2) is 90.5 Å². The van der Waals surface area contributed by atoms with Crippen molar-refractivity contribution in [2.24, 2.45) is 0 Å². The lowest BCUT2D eigenvalue weighted by molar-refractivity contribution is -0.0613. The van der Waals surface area contributed by atoms with Crippen molar-refractivity contribution in [1.29, 1.82) is 0 Å². The molecule has 3 heteroatoms. The molecule has 32 heavy (non-hydrogen) atoms. The summed E-state index contributed by atoms with van der Waals surface area (Å²) >= 11 is 0. The molecule has 1 N–H and O–H groups in total. The van der Waals surface area contributed by atoms with Crippen LogP contribution in [0.1, 0.15) is 36.1 Å². The second kappa shape index (κ2) is 11.7. The predicted molar refractivity (Wildman–Crippen MR) is 133 cm³/mol. The number of hydrogen-bond acceptors (Lipinski definition) is 3. The quantitative estimate of drug-likeness (QED) is 0.289. The van der Waals surface area contributed by atoms with Crippen LogP contribution in [0.5, 0.6) is 11.5 Å². The fourth-order valence-electron chi connectivity index (χ4n) is 3.19. The molecule has 3 aromatic carbocycles. The Hall–Kier alpha value is -3.56. The van der Waals surface area contributed by atoms with Crippen molar-refractivity contribution in [3.05, 3.63) is 113 Å². The zero-order valence-electron chi connectivity index (χ0n) is 18.9. The molecular formula is C29H30O3. The lowest BCUT2D eigenvalue weighted by atomic mass is 10.1. The highest BCUT2D eigenvalue weighted by molar-refractivity contribution is 5.68. The molecule has 0 aliphatic rings. The van der Waals surface area contributed by atoms with Gasteiger partial charge in [-0.05, 0) is 73.4 Å². The monoisotopic (exact) mass is 426 g/mol. The topological polar surface area (TPSA) is 38.7 Å². The van der Waals surface area contributed by atoms with Gasteiger partial charge in [-0.3, -0.25) is 0 Å².